The summed E-state index contributed by atoms with van der Waals surface area (Å²) in [6.45, 7) is 5.41. The molecule has 1 aromatic heterocycles. The number of amides is 2. The minimum absolute atomic E-state index is 0.0658. The molecule has 27 heavy (non-hydrogen) atoms. The van der Waals surface area contributed by atoms with Crippen LogP contribution in [0.25, 0.3) is 0 Å². The largest absolute Gasteiger partial charge is 0.476 e. The number of fused-ring (bicyclic) bond motifs is 1. The van der Waals surface area contributed by atoms with Gasteiger partial charge in [0.25, 0.3) is 5.91 Å². The molecule has 2 aromatic rings. The highest BCUT2D eigenvalue weighted by Gasteiger charge is 2.38. The van der Waals surface area contributed by atoms with Gasteiger partial charge in [-0.25, -0.2) is 4.98 Å². The number of carbonyl (C=O) groups is 2. The Hall–Kier alpha value is -2.80. The highest BCUT2D eigenvalue weighted by Crippen LogP contribution is 2.34. The fourth-order valence-corrected chi connectivity index (χ4v) is 2.99. The zero-order chi connectivity index (χ0) is 19.7. The molecule has 0 spiro atoms. The van der Waals surface area contributed by atoms with Crippen LogP contribution >= 0.6 is 11.6 Å². The number of hydrogen-bond acceptors (Lipinski definition) is 5. The van der Waals surface area contributed by atoms with Crippen LogP contribution in [0.5, 0.6) is 5.75 Å². The lowest BCUT2D eigenvalue weighted by Crippen LogP contribution is -2.51. The maximum Gasteiger partial charge on any atom is 0.270 e. The Morgan fingerprint density at radius 2 is 2.11 bits per heavy atom. The summed E-state index contributed by atoms with van der Waals surface area (Å²) in [5, 5.41) is 3.30. The molecule has 8 heteroatoms. The van der Waals surface area contributed by atoms with E-state index in [2.05, 4.69) is 10.3 Å². The SMILES string of the molecule is Cc1ccc(Cl)cc1NC(=O)CN1C(=O)C(C(C)C)Oc2ccc(N)nc21. The number of carbonyl (C=O) groups excluding carboxylic acids is 2. The lowest BCUT2D eigenvalue weighted by atomic mass is 10.0. The number of pyridine rings is 1. The zero-order valence-electron chi connectivity index (χ0n) is 15.3. The number of rotatable bonds is 4. The quantitative estimate of drug-likeness (QED) is 0.839. The normalized spacial score (nSPS) is 16.1. The highest BCUT2D eigenvalue weighted by molar-refractivity contribution is 6.31. The first-order valence-electron chi connectivity index (χ1n) is 8.57. The predicted octanol–water partition coefficient (Wildman–Crippen LogP) is 3.01. The molecule has 0 fully saturated rings. The van der Waals surface area contributed by atoms with Gasteiger partial charge in [0.2, 0.25) is 5.91 Å². The second-order valence-corrected chi connectivity index (χ2v) is 7.21. The Morgan fingerprint density at radius 3 is 2.81 bits per heavy atom. The molecule has 1 aliphatic rings. The molecule has 1 unspecified atom stereocenters. The van der Waals surface area contributed by atoms with Gasteiger partial charge in [0.15, 0.2) is 17.7 Å². The van der Waals surface area contributed by atoms with E-state index in [-0.39, 0.29) is 35.9 Å². The van der Waals surface area contributed by atoms with Crippen LogP contribution in [0.4, 0.5) is 17.3 Å². The highest BCUT2D eigenvalue weighted by atomic mass is 35.5. The van der Waals surface area contributed by atoms with Crippen molar-refractivity contribution in [2.75, 3.05) is 22.5 Å². The number of nitrogens with zero attached hydrogens (tertiary/aromatic N) is 2. The summed E-state index contributed by atoms with van der Waals surface area (Å²) in [6, 6.07) is 8.47. The van der Waals surface area contributed by atoms with Crippen molar-refractivity contribution in [1.29, 1.82) is 0 Å². The molecule has 1 aliphatic heterocycles. The lowest BCUT2D eigenvalue weighted by molar-refractivity contribution is -0.129. The van der Waals surface area contributed by atoms with Crippen molar-refractivity contribution in [3.63, 3.8) is 0 Å². The molecule has 0 saturated heterocycles. The van der Waals surface area contributed by atoms with Gasteiger partial charge in [-0.15, -0.1) is 0 Å². The number of aryl methyl sites for hydroxylation is 1. The Balaban J connectivity index is 1.87. The summed E-state index contributed by atoms with van der Waals surface area (Å²) in [6.07, 6.45) is -0.691. The molecule has 2 amide bonds. The molecule has 7 nitrogen and oxygen atoms in total. The number of nitrogen functional groups attached to an aromatic ring is 1. The third-order valence-corrected chi connectivity index (χ3v) is 4.50. The summed E-state index contributed by atoms with van der Waals surface area (Å²) in [7, 11) is 0. The van der Waals surface area contributed by atoms with E-state index in [0.717, 1.165) is 5.56 Å². The van der Waals surface area contributed by atoms with Crippen molar-refractivity contribution >= 4 is 40.7 Å². The van der Waals surface area contributed by atoms with Gasteiger partial charge < -0.3 is 15.8 Å². The van der Waals surface area contributed by atoms with Crippen LogP contribution in [0.3, 0.4) is 0 Å². The Labute approximate surface area is 162 Å². The first-order chi connectivity index (χ1) is 12.8. The molecular weight excluding hydrogens is 368 g/mol. The summed E-state index contributed by atoms with van der Waals surface area (Å²) in [5.74, 6) is 0.152. The molecular formula is C19H21ClN4O3. The minimum Gasteiger partial charge on any atom is -0.476 e. The lowest BCUT2D eigenvalue weighted by Gasteiger charge is -2.34. The monoisotopic (exact) mass is 388 g/mol. The number of nitrogens with one attached hydrogen (secondary N) is 1. The molecule has 3 rings (SSSR count). The van der Waals surface area contributed by atoms with E-state index in [0.29, 0.717) is 16.5 Å². The second kappa shape index (κ2) is 7.44. The van der Waals surface area contributed by atoms with Gasteiger partial charge in [-0.2, -0.15) is 0 Å². The number of halogens is 1. The Morgan fingerprint density at radius 1 is 1.37 bits per heavy atom. The van der Waals surface area contributed by atoms with Gasteiger partial charge >= 0.3 is 0 Å². The van der Waals surface area contributed by atoms with E-state index >= 15 is 0 Å². The summed E-state index contributed by atoms with van der Waals surface area (Å²) in [5.41, 5.74) is 7.21. The number of aromatic nitrogens is 1. The predicted molar refractivity (Wildman–Crippen MR) is 105 cm³/mol. The van der Waals surface area contributed by atoms with E-state index in [1.165, 1.54) is 4.90 Å². The maximum absolute atomic E-state index is 12.9. The Bertz CT molecular complexity index is 901. The molecule has 0 saturated carbocycles. The molecule has 0 radical (unpaired) electrons. The van der Waals surface area contributed by atoms with Crippen molar-refractivity contribution in [1.82, 2.24) is 4.98 Å². The van der Waals surface area contributed by atoms with Crippen LogP contribution in [-0.4, -0.2) is 29.4 Å². The standard InChI is InChI=1S/C19H21ClN4O3/c1-10(2)17-19(26)24(18-14(27-17)6-7-15(21)23-18)9-16(25)22-13-8-12(20)5-4-11(13)3/h4-8,10,17H,9H2,1-3H3,(H2,21,23)(H,22,25). The molecule has 1 atom stereocenters. The Kier molecular flexibility index (Phi) is 5.23. The van der Waals surface area contributed by atoms with Gasteiger partial charge in [-0.05, 0) is 42.7 Å². The van der Waals surface area contributed by atoms with Crippen molar-refractivity contribution in [3.05, 3.63) is 40.9 Å². The number of hydrogen-bond donors (Lipinski definition) is 2. The zero-order valence-corrected chi connectivity index (χ0v) is 16.1. The smallest absolute Gasteiger partial charge is 0.270 e. The van der Waals surface area contributed by atoms with E-state index in [1.54, 1.807) is 24.3 Å². The molecule has 0 bridgehead atoms. The van der Waals surface area contributed by atoms with Crippen molar-refractivity contribution < 1.29 is 14.3 Å². The maximum atomic E-state index is 12.9. The summed E-state index contributed by atoms with van der Waals surface area (Å²) < 4.78 is 5.77. The molecule has 1 aromatic carbocycles. The average molecular weight is 389 g/mol. The molecule has 2 heterocycles. The van der Waals surface area contributed by atoms with E-state index in [1.807, 2.05) is 26.8 Å². The van der Waals surface area contributed by atoms with Crippen LogP contribution in [0.15, 0.2) is 30.3 Å². The molecule has 142 valence electrons. The minimum atomic E-state index is -0.691. The third kappa shape index (κ3) is 3.98. The number of anilines is 3. The van der Waals surface area contributed by atoms with Crippen molar-refractivity contribution in [2.45, 2.75) is 26.9 Å². The van der Waals surface area contributed by atoms with Crippen molar-refractivity contribution in [2.24, 2.45) is 5.92 Å². The van der Waals surface area contributed by atoms with Gasteiger partial charge in [-0.3, -0.25) is 14.5 Å². The number of benzene rings is 1. The summed E-state index contributed by atoms with van der Waals surface area (Å²) in [4.78, 5) is 31.0. The topological polar surface area (TPSA) is 97.5 Å². The van der Waals surface area contributed by atoms with E-state index in [9.17, 15) is 9.59 Å². The van der Waals surface area contributed by atoms with Crippen LogP contribution in [0, 0.1) is 12.8 Å². The first-order valence-corrected chi connectivity index (χ1v) is 8.94. The van der Waals surface area contributed by atoms with E-state index < -0.39 is 6.10 Å². The number of ether oxygens (including phenoxy) is 1. The third-order valence-electron chi connectivity index (χ3n) is 4.26. The van der Waals surface area contributed by atoms with Crippen LogP contribution in [0.1, 0.15) is 19.4 Å². The number of nitrogens with two attached hydrogens (primary N) is 1. The van der Waals surface area contributed by atoms with Crippen LogP contribution < -0.4 is 20.7 Å². The van der Waals surface area contributed by atoms with Gasteiger partial charge in [-0.1, -0.05) is 31.5 Å². The molecule has 0 aliphatic carbocycles. The van der Waals surface area contributed by atoms with Crippen molar-refractivity contribution in [3.8, 4) is 5.75 Å². The average Bonchev–Trinajstić information content (AvgIpc) is 2.60. The second-order valence-electron chi connectivity index (χ2n) is 6.77. The fourth-order valence-electron chi connectivity index (χ4n) is 2.82. The van der Waals surface area contributed by atoms with E-state index in [4.69, 9.17) is 22.1 Å². The van der Waals surface area contributed by atoms with Crippen LogP contribution in [0.2, 0.25) is 5.02 Å². The first kappa shape index (κ1) is 19.0. The van der Waals surface area contributed by atoms with Crippen LogP contribution in [-0.2, 0) is 9.59 Å². The fraction of sp³-hybridized carbons (Fsp3) is 0.316. The van der Waals surface area contributed by atoms with Gasteiger partial charge in [0.1, 0.15) is 12.4 Å². The van der Waals surface area contributed by atoms with Gasteiger partial charge in [0.05, 0.1) is 0 Å². The van der Waals surface area contributed by atoms with Gasteiger partial charge in [0, 0.05) is 10.7 Å². The molecule has 3 N–H and O–H groups in total. The summed E-state index contributed by atoms with van der Waals surface area (Å²) >= 11 is 6.00.